The third-order valence-electron chi connectivity index (χ3n) is 13.9. The molecule has 5 aromatic rings. The van der Waals surface area contributed by atoms with Crippen LogP contribution in [0.1, 0.15) is 73.8 Å². The number of nitrogens with one attached hydrogen (secondary N) is 3. The molecule has 3 N–H and O–H groups in total. The molecule has 3 aromatic carbocycles. The number of halogens is 3. The summed E-state index contributed by atoms with van der Waals surface area (Å²) >= 11 is 3.65. The van der Waals surface area contributed by atoms with E-state index in [4.69, 9.17) is 14.7 Å². The molecule has 1 unspecified atom stereocenters. The number of benzene rings is 3. The van der Waals surface area contributed by atoms with Crippen LogP contribution in [0.2, 0.25) is 0 Å². The average Bonchev–Trinajstić information content (AvgIpc) is 3.76. The summed E-state index contributed by atoms with van der Waals surface area (Å²) < 4.78 is 51.3. The number of nitrogens with zero attached hydrogens (tertiary/aromatic N) is 6. The second kappa shape index (κ2) is 19.7. The molecule has 6 heterocycles. The first-order valence-electron chi connectivity index (χ1n) is 23.2. The minimum absolute atomic E-state index is 0.0655. The topological polar surface area (TPSA) is 145 Å². The number of piperidine rings is 2. The summed E-state index contributed by atoms with van der Waals surface area (Å²) in [4.78, 5) is 45.5. The van der Waals surface area contributed by atoms with Gasteiger partial charge in [-0.05, 0) is 115 Å². The van der Waals surface area contributed by atoms with Gasteiger partial charge in [0.1, 0.15) is 30.3 Å². The number of hydrogen-bond acceptors (Lipinski definition) is 12. The molecule has 0 spiro atoms. The van der Waals surface area contributed by atoms with Crippen LogP contribution in [0.15, 0.2) is 59.2 Å². The van der Waals surface area contributed by atoms with Crippen LogP contribution >= 0.6 is 23.1 Å². The lowest BCUT2D eigenvalue weighted by molar-refractivity contribution is -0.134. The van der Waals surface area contributed by atoms with Gasteiger partial charge in [-0.15, -0.1) is 0 Å². The lowest BCUT2D eigenvalue weighted by atomic mass is 9.89. The first-order valence-corrected chi connectivity index (χ1v) is 26.1. The van der Waals surface area contributed by atoms with Crippen molar-refractivity contribution in [1.82, 2.24) is 30.1 Å². The van der Waals surface area contributed by atoms with E-state index in [-0.39, 0.29) is 18.4 Å². The van der Waals surface area contributed by atoms with E-state index in [0.717, 1.165) is 110 Å². The van der Waals surface area contributed by atoms with Crippen LogP contribution < -0.4 is 30.9 Å². The molecule has 4 fully saturated rings. The van der Waals surface area contributed by atoms with Gasteiger partial charge in [0.15, 0.2) is 0 Å². The Morgan fingerprint density at radius 3 is 2.35 bits per heavy atom. The maximum atomic E-state index is 15.1. The Bertz CT molecular complexity index is 2680. The molecular weight excluding hydrogens is 927 g/mol. The van der Waals surface area contributed by atoms with Crippen LogP contribution in [0, 0.1) is 18.6 Å². The molecule has 4 saturated heterocycles. The van der Waals surface area contributed by atoms with Crippen LogP contribution in [0.5, 0.6) is 5.75 Å². The molecule has 0 radical (unpaired) electrons. The van der Waals surface area contributed by atoms with Crippen LogP contribution in [0.4, 0.5) is 37.6 Å². The second-order valence-electron chi connectivity index (χ2n) is 18.0. The highest BCUT2D eigenvalue weighted by molar-refractivity contribution is 9.10. The molecule has 17 heteroatoms. The average molecular weight is 985 g/mol. The van der Waals surface area contributed by atoms with Gasteiger partial charge >= 0.3 is 0 Å². The Hall–Kier alpha value is -5.02. The fourth-order valence-electron chi connectivity index (χ4n) is 10.3. The van der Waals surface area contributed by atoms with Gasteiger partial charge in [-0.25, -0.2) is 13.8 Å². The number of pyridine rings is 1. The Morgan fingerprint density at radius 1 is 0.909 bits per heavy atom. The standard InChI is InChI=1S/C49H57BrF2N9O4P/c1-4-32-27-41(56-49-53-29-36(50)47(58-49)55-40-11-10-39-34(8-7-30(2)54-39)46(40)66(64)23-5-6-24-66)43(65-3)28-42(32)61-17-14-33(15-18-61)60-21-19-59(20-22-60)16-13-31-25-37(51)45(38(52)26-31)35-9-12-44(62)57-48(35)63/h7-8,10-11,25-29,33,35H,4-6,9,12-24H2,1-3H3,(H,57,62,63)(H2,53,55,56,58). The van der Waals surface area contributed by atoms with Crippen molar-refractivity contribution in [3.63, 3.8) is 0 Å². The fourth-order valence-corrected chi connectivity index (χ4v) is 13.9. The van der Waals surface area contributed by atoms with Gasteiger partial charge in [0, 0.05) is 110 Å². The molecule has 4 aliphatic heterocycles. The molecule has 13 nitrogen and oxygen atoms in total. The first kappa shape index (κ1) is 46.1. The summed E-state index contributed by atoms with van der Waals surface area (Å²) in [5.41, 5.74) is 5.96. The number of methoxy groups -OCH3 is 1. The number of carbonyl (C=O) groups excluding carboxylic acids is 2. The molecule has 0 aliphatic carbocycles. The molecule has 0 saturated carbocycles. The summed E-state index contributed by atoms with van der Waals surface area (Å²) in [7, 11) is -0.966. The number of imide groups is 1. The Morgan fingerprint density at radius 2 is 1.65 bits per heavy atom. The van der Waals surface area contributed by atoms with E-state index >= 15 is 8.78 Å². The summed E-state index contributed by atoms with van der Waals surface area (Å²) in [6, 6.07) is 15.4. The molecule has 0 bridgehead atoms. The maximum absolute atomic E-state index is 15.1. The van der Waals surface area contributed by atoms with E-state index in [0.29, 0.717) is 58.9 Å². The molecule has 348 valence electrons. The lowest BCUT2D eigenvalue weighted by Crippen LogP contribution is -2.53. The summed E-state index contributed by atoms with van der Waals surface area (Å²) in [6.07, 6.45) is 8.56. The highest BCUT2D eigenvalue weighted by Gasteiger charge is 2.35. The van der Waals surface area contributed by atoms with Crippen molar-refractivity contribution in [3.05, 3.63) is 93.2 Å². The minimum atomic E-state index is -2.64. The lowest BCUT2D eigenvalue weighted by Gasteiger charge is -2.43. The zero-order chi connectivity index (χ0) is 46.1. The molecule has 1 atom stereocenters. The van der Waals surface area contributed by atoms with E-state index in [1.807, 2.05) is 31.2 Å². The van der Waals surface area contributed by atoms with E-state index in [2.05, 4.69) is 70.6 Å². The van der Waals surface area contributed by atoms with Crippen molar-refractivity contribution in [1.29, 1.82) is 0 Å². The van der Waals surface area contributed by atoms with Gasteiger partial charge in [-0.3, -0.25) is 24.8 Å². The van der Waals surface area contributed by atoms with Crippen LogP contribution in [-0.4, -0.2) is 108 Å². The Kier molecular flexibility index (Phi) is 13.7. The van der Waals surface area contributed by atoms with E-state index < -0.39 is 36.5 Å². The highest BCUT2D eigenvalue weighted by atomic mass is 79.9. The van der Waals surface area contributed by atoms with Crippen LogP contribution in [-0.2, 0) is 27.0 Å². The fraction of sp³-hybridized carbons (Fsp3) is 0.449. The number of fused-ring (bicyclic) bond motifs is 1. The number of rotatable bonds is 13. The largest absolute Gasteiger partial charge is 0.494 e. The number of aromatic nitrogens is 3. The third kappa shape index (κ3) is 9.70. The minimum Gasteiger partial charge on any atom is -0.494 e. The Balaban J connectivity index is 0.814. The predicted octanol–water partition coefficient (Wildman–Crippen LogP) is 8.56. The summed E-state index contributed by atoms with van der Waals surface area (Å²) in [5, 5.41) is 10.9. The zero-order valence-corrected chi connectivity index (χ0v) is 40.2. The predicted molar refractivity (Wildman–Crippen MR) is 260 cm³/mol. The summed E-state index contributed by atoms with van der Waals surface area (Å²) in [5.74, 6) is -1.88. The van der Waals surface area contributed by atoms with Crippen molar-refractivity contribution in [3.8, 4) is 5.75 Å². The van der Waals surface area contributed by atoms with Gasteiger partial charge in [-0.2, -0.15) is 4.98 Å². The Labute approximate surface area is 393 Å². The third-order valence-corrected chi connectivity index (χ3v) is 17.8. The number of hydrogen-bond donors (Lipinski definition) is 3. The van der Waals surface area contributed by atoms with Gasteiger partial charge in [-0.1, -0.05) is 13.0 Å². The SMILES string of the molecule is CCc1cc(Nc2ncc(Br)c(Nc3ccc4nc(C)ccc4c3P3(=O)CCCC3)n2)c(OC)cc1N1CCC(N2CCN(CCc3cc(F)c(C4CCC(=O)NC4=O)c(F)c3)CC2)CC1. The number of amides is 2. The molecule has 66 heavy (non-hydrogen) atoms. The van der Waals surface area contributed by atoms with Crippen molar-refractivity contribution in [2.75, 3.05) is 80.8 Å². The molecule has 2 aromatic heterocycles. The number of ether oxygens (including phenoxy) is 1. The number of anilines is 5. The van der Waals surface area contributed by atoms with Crippen molar-refractivity contribution in [2.24, 2.45) is 0 Å². The van der Waals surface area contributed by atoms with Gasteiger partial charge in [0.2, 0.25) is 17.8 Å². The second-order valence-corrected chi connectivity index (χ2v) is 22.0. The molecule has 9 rings (SSSR count). The van der Waals surface area contributed by atoms with E-state index in [9.17, 15) is 14.2 Å². The number of aryl methyl sites for hydroxylation is 2. The molecule has 2 amide bonds. The highest BCUT2D eigenvalue weighted by Crippen LogP contribution is 2.54. The van der Waals surface area contributed by atoms with Crippen LogP contribution in [0.3, 0.4) is 0 Å². The zero-order valence-electron chi connectivity index (χ0n) is 37.8. The van der Waals surface area contributed by atoms with E-state index in [1.54, 1.807) is 13.3 Å². The molecule has 4 aliphatic rings. The van der Waals surface area contributed by atoms with Crippen molar-refractivity contribution in [2.45, 2.75) is 77.2 Å². The van der Waals surface area contributed by atoms with Gasteiger partial charge < -0.3 is 29.7 Å². The first-order chi connectivity index (χ1) is 31.9. The monoisotopic (exact) mass is 983 g/mol. The maximum Gasteiger partial charge on any atom is 0.234 e. The summed E-state index contributed by atoms with van der Waals surface area (Å²) in [6.45, 7) is 10.3. The number of carbonyl (C=O) groups is 2. The van der Waals surface area contributed by atoms with Crippen molar-refractivity contribution < 1.29 is 27.7 Å². The van der Waals surface area contributed by atoms with Crippen molar-refractivity contribution >= 4 is 79.9 Å². The normalized spacial score (nSPS) is 19.6. The quantitative estimate of drug-likeness (QED) is 0.0768. The van der Waals surface area contributed by atoms with E-state index in [1.165, 1.54) is 17.7 Å². The van der Waals surface area contributed by atoms with Crippen LogP contribution in [0.25, 0.3) is 10.9 Å². The smallest absolute Gasteiger partial charge is 0.234 e. The van der Waals surface area contributed by atoms with Gasteiger partial charge in [0.25, 0.3) is 0 Å². The molecular formula is C49H57BrF2N9O4P. The van der Waals surface area contributed by atoms with Gasteiger partial charge in [0.05, 0.1) is 34.4 Å². The number of piperazine rings is 1.